The first-order valence-corrected chi connectivity index (χ1v) is 6.59. The van der Waals surface area contributed by atoms with Gasteiger partial charge in [0.25, 0.3) is 0 Å². The Morgan fingerprint density at radius 3 is 2.94 bits per heavy atom. The molecule has 18 heavy (non-hydrogen) atoms. The normalized spacial score (nSPS) is 12.8. The summed E-state index contributed by atoms with van der Waals surface area (Å²) in [6.45, 7) is 5.57. The molecular formula is C11H17ClN6. The number of aryl methyl sites for hydroxylation is 1. The molecule has 7 heteroatoms. The van der Waals surface area contributed by atoms with Crippen molar-refractivity contribution < 1.29 is 0 Å². The van der Waals surface area contributed by atoms with Crippen molar-refractivity contribution in [1.29, 1.82) is 0 Å². The van der Waals surface area contributed by atoms with Crippen molar-refractivity contribution in [3.63, 3.8) is 0 Å². The van der Waals surface area contributed by atoms with Gasteiger partial charge in [-0.15, -0.1) is 16.7 Å². The molecule has 2 aromatic heterocycles. The average molecular weight is 269 g/mol. The number of halogens is 1. The van der Waals surface area contributed by atoms with Gasteiger partial charge in [-0.05, 0) is 12.8 Å². The van der Waals surface area contributed by atoms with E-state index >= 15 is 0 Å². The lowest BCUT2D eigenvalue weighted by Gasteiger charge is -2.03. The molecule has 0 spiro atoms. The van der Waals surface area contributed by atoms with Crippen LogP contribution < -0.4 is 0 Å². The first-order valence-electron chi connectivity index (χ1n) is 6.15. The van der Waals surface area contributed by atoms with Crippen molar-refractivity contribution in [2.24, 2.45) is 0 Å². The molecule has 2 aromatic rings. The van der Waals surface area contributed by atoms with Crippen LogP contribution in [0.4, 0.5) is 0 Å². The fourth-order valence-corrected chi connectivity index (χ4v) is 1.80. The van der Waals surface area contributed by atoms with E-state index in [0.717, 1.165) is 30.9 Å². The summed E-state index contributed by atoms with van der Waals surface area (Å²) in [5.74, 6) is 0.885. The Balaban J connectivity index is 2.09. The number of nitrogens with zero attached hydrogens (tertiary/aromatic N) is 6. The van der Waals surface area contributed by atoms with Crippen LogP contribution in [0.25, 0.3) is 0 Å². The van der Waals surface area contributed by atoms with E-state index in [-0.39, 0.29) is 5.38 Å². The molecule has 1 unspecified atom stereocenters. The number of hydrogen-bond acceptors (Lipinski definition) is 4. The molecule has 6 nitrogen and oxygen atoms in total. The Hall–Kier alpha value is -1.43. The molecule has 0 radical (unpaired) electrons. The Bertz CT molecular complexity index is 491. The molecule has 2 rings (SSSR count). The zero-order chi connectivity index (χ0) is 13.0. The predicted molar refractivity (Wildman–Crippen MR) is 68.3 cm³/mol. The highest BCUT2D eigenvalue weighted by Crippen LogP contribution is 2.20. The van der Waals surface area contributed by atoms with Crippen LogP contribution in [0, 0.1) is 0 Å². The van der Waals surface area contributed by atoms with E-state index in [0.29, 0.717) is 6.54 Å². The minimum atomic E-state index is -0.0766. The Labute approximate surface area is 111 Å². The molecule has 0 amide bonds. The van der Waals surface area contributed by atoms with Crippen molar-refractivity contribution >= 4 is 11.6 Å². The van der Waals surface area contributed by atoms with Crippen LogP contribution >= 0.6 is 11.6 Å². The standard InChI is InChI=1S/C11H17ClN6/c1-3-5-18-11(13-8-14-18)7-17-6-10(15-16-17)9(12)4-2/h6,8-9H,3-5,7H2,1-2H3. The quantitative estimate of drug-likeness (QED) is 0.752. The van der Waals surface area contributed by atoms with Gasteiger partial charge < -0.3 is 0 Å². The molecule has 98 valence electrons. The molecule has 1 atom stereocenters. The van der Waals surface area contributed by atoms with Gasteiger partial charge in [0.1, 0.15) is 24.4 Å². The van der Waals surface area contributed by atoms with Crippen LogP contribution in [0.15, 0.2) is 12.5 Å². The lowest BCUT2D eigenvalue weighted by molar-refractivity contribution is 0.532. The van der Waals surface area contributed by atoms with Crippen LogP contribution in [-0.4, -0.2) is 29.8 Å². The molecule has 0 bridgehead atoms. The van der Waals surface area contributed by atoms with Gasteiger partial charge in [-0.2, -0.15) is 5.10 Å². The third-order valence-electron chi connectivity index (χ3n) is 2.67. The molecule has 2 heterocycles. The number of hydrogen-bond donors (Lipinski definition) is 0. The summed E-state index contributed by atoms with van der Waals surface area (Å²) in [5, 5.41) is 12.2. The maximum atomic E-state index is 6.12. The lowest BCUT2D eigenvalue weighted by atomic mass is 10.3. The van der Waals surface area contributed by atoms with Crippen molar-refractivity contribution in [1.82, 2.24) is 29.8 Å². The minimum Gasteiger partial charge on any atom is -0.248 e. The van der Waals surface area contributed by atoms with E-state index in [1.807, 2.05) is 17.8 Å². The predicted octanol–water partition coefficient (Wildman–Crippen LogP) is 2.02. The van der Waals surface area contributed by atoms with Crippen LogP contribution in [0.2, 0.25) is 0 Å². The lowest BCUT2D eigenvalue weighted by Crippen LogP contribution is -2.10. The van der Waals surface area contributed by atoms with E-state index in [1.54, 1.807) is 11.0 Å². The number of rotatable bonds is 6. The Morgan fingerprint density at radius 1 is 1.39 bits per heavy atom. The summed E-state index contributed by atoms with van der Waals surface area (Å²) < 4.78 is 3.63. The molecule has 0 aliphatic carbocycles. The summed E-state index contributed by atoms with van der Waals surface area (Å²) in [7, 11) is 0. The topological polar surface area (TPSA) is 61.4 Å². The summed E-state index contributed by atoms with van der Waals surface area (Å²) in [4.78, 5) is 4.23. The first kappa shape index (κ1) is 13.0. The van der Waals surface area contributed by atoms with E-state index < -0.39 is 0 Å². The van der Waals surface area contributed by atoms with Crippen LogP contribution in [-0.2, 0) is 13.1 Å². The fraction of sp³-hybridized carbons (Fsp3) is 0.636. The molecule has 0 N–H and O–H groups in total. The summed E-state index contributed by atoms with van der Waals surface area (Å²) in [6.07, 6.45) is 5.30. The van der Waals surface area contributed by atoms with Crippen molar-refractivity contribution in [2.45, 2.75) is 45.2 Å². The second-order valence-electron chi connectivity index (χ2n) is 4.12. The van der Waals surface area contributed by atoms with Crippen molar-refractivity contribution in [3.8, 4) is 0 Å². The van der Waals surface area contributed by atoms with E-state index in [9.17, 15) is 0 Å². The summed E-state index contributed by atoms with van der Waals surface area (Å²) in [5.41, 5.74) is 0.806. The number of aromatic nitrogens is 6. The van der Waals surface area contributed by atoms with Crippen molar-refractivity contribution in [2.75, 3.05) is 0 Å². The highest BCUT2D eigenvalue weighted by Gasteiger charge is 2.11. The zero-order valence-corrected chi connectivity index (χ0v) is 11.4. The van der Waals surface area contributed by atoms with Gasteiger partial charge >= 0.3 is 0 Å². The highest BCUT2D eigenvalue weighted by atomic mass is 35.5. The molecule has 0 saturated carbocycles. The maximum Gasteiger partial charge on any atom is 0.148 e. The molecule has 0 aromatic carbocycles. The highest BCUT2D eigenvalue weighted by molar-refractivity contribution is 6.20. The van der Waals surface area contributed by atoms with Crippen molar-refractivity contribution in [3.05, 3.63) is 24.0 Å². The van der Waals surface area contributed by atoms with E-state index in [4.69, 9.17) is 11.6 Å². The van der Waals surface area contributed by atoms with E-state index in [1.165, 1.54) is 0 Å². The largest absolute Gasteiger partial charge is 0.248 e. The molecule has 0 saturated heterocycles. The third kappa shape index (κ3) is 2.87. The Morgan fingerprint density at radius 2 is 2.22 bits per heavy atom. The van der Waals surface area contributed by atoms with Gasteiger partial charge in [0.2, 0.25) is 0 Å². The summed E-state index contributed by atoms with van der Waals surface area (Å²) in [6, 6.07) is 0. The van der Waals surface area contributed by atoms with Gasteiger partial charge in [-0.25, -0.2) is 14.3 Å². The van der Waals surface area contributed by atoms with Crippen LogP contribution in [0.3, 0.4) is 0 Å². The second kappa shape index (κ2) is 5.95. The summed E-state index contributed by atoms with van der Waals surface area (Å²) >= 11 is 6.12. The van der Waals surface area contributed by atoms with Gasteiger partial charge in [0.15, 0.2) is 0 Å². The van der Waals surface area contributed by atoms with Gasteiger partial charge in [-0.3, -0.25) is 0 Å². The SMILES string of the molecule is CCCn1ncnc1Cn1cc(C(Cl)CC)nn1. The van der Waals surface area contributed by atoms with Gasteiger partial charge in [0, 0.05) is 6.54 Å². The van der Waals surface area contributed by atoms with E-state index in [2.05, 4.69) is 27.3 Å². The number of alkyl halides is 1. The molecule has 0 aliphatic rings. The minimum absolute atomic E-state index is 0.0766. The fourth-order valence-electron chi connectivity index (χ4n) is 1.70. The maximum absolute atomic E-state index is 6.12. The van der Waals surface area contributed by atoms with Crippen LogP contribution in [0.5, 0.6) is 0 Å². The van der Waals surface area contributed by atoms with Gasteiger partial charge in [0.05, 0.1) is 11.6 Å². The smallest absolute Gasteiger partial charge is 0.148 e. The molecule has 0 aliphatic heterocycles. The molecule has 0 fully saturated rings. The molecular weight excluding hydrogens is 252 g/mol. The third-order valence-corrected chi connectivity index (χ3v) is 3.20. The van der Waals surface area contributed by atoms with Gasteiger partial charge in [-0.1, -0.05) is 19.1 Å². The second-order valence-corrected chi connectivity index (χ2v) is 4.64. The van der Waals surface area contributed by atoms with Crippen LogP contribution in [0.1, 0.15) is 43.6 Å². The monoisotopic (exact) mass is 268 g/mol. The zero-order valence-electron chi connectivity index (χ0n) is 10.6. The first-order chi connectivity index (χ1) is 8.74. The average Bonchev–Trinajstić information content (AvgIpc) is 3.00. The Kier molecular flexibility index (Phi) is 4.30.